The van der Waals surface area contributed by atoms with Gasteiger partial charge in [0.05, 0.1) is 12.6 Å². The number of aliphatic carboxylic acids is 1. The van der Waals surface area contributed by atoms with E-state index in [4.69, 9.17) is 0 Å². The van der Waals surface area contributed by atoms with Gasteiger partial charge in [0, 0.05) is 5.75 Å². The van der Waals surface area contributed by atoms with Crippen molar-refractivity contribution in [3.05, 3.63) is 0 Å². The van der Waals surface area contributed by atoms with E-state index in [1.165, 1.54) is 11.8 Å². The molecule has 1 aliphatic heterocycles. The fourth-order valence-corrected chi connectivity index (χ4v) is 3.34. The molecule has 4 atom stereocenters. The second kappa shape index (κ2) is 12.9. The number of carboxylic acids is 1. The standard InChI is InChI=1S/C16H28N4O6S2/c1-28-6-4-10(16(25)26)18-14(23)11(7-21)19-15(24)12(8-27)20-13(22)9-3-2-5-17-9/h9-12,17,21,27H,2-8H2,1H3,(H,18,23)(H,19,24)(H,20,22)(H,25,26). The van der Waals surface area contributed by atoms with Gasteiger partial charge in [0.2, 0.25) is 17.7 Å². The third-order valence-corrected chi connectivity index (χ3v) is 5.24. The van der Waals surface area contributed by atoms with E-state index in [0.29, 0.717) is 12.2 Å². The first-order valence-electron chi connectivity index (χ1n) is 8.92. The second-order valence-electron chi connectivity index (χ2n) is 6.32. The molecular formula is C16H28N4O6S2. The van der Waals surface area contributed by atoms with Crippen molar-refractivity contribution in [3.63, 3.8) is 0 Å². The maximum atomic E-state index is 12.4. The summed E-state index contributed by atoms with van der Waals surface area (Å²) in [5.74, 6) is -2.52. The molecule has 1 saturated heterocycles. The topological polar surface area (TPSA) is 157 Å². The molecule has 6 N–H and O–H groups in total. The Bertz CT molecular complexity index is 559. The lowest BCUT2D eigenvalue weighted by Gasteiger charge is -2.23. The maximum absolute atomic E-state index is 12.4. The van der Waals surface area contributed by atoms with Gasteiger partial charge in [0.1, 0.15) is 18.1 Å². The average Bonchev–Trinajstić information content (AvgIpc) is 3.21. The predicted octanol–water partition coefficient (Wildman–Crippen LogP) is -2.05. The van der Waals surface area contributed by atoms with E-state index in [1.54, 1.807) is 0 Å². The monoisotopic (exact) mass is 436 g/mol. The van der Waals surface area contributed by atoms with Crippen molar-refractivity contribution in [3.8, 4) is 0 Å². The molecule has 1 aliphatic rings. The number of carbonyl (C=O) groups is 4. The number of thioether (sulfide) groups is 1. The van der Waals surface area contributed by atoms with Crippen molar-refractivity contribution >= 4 is 48.1 Å². The zero-order chi connectivity index (χ0) is 21.1. The van der Waals surface area contributed by atoms with Crippen molar-refractivity contribution < 1.29 is 29.4 Å². The molecule has 1 fully saturated rings. The number of aliphatic hydroxyl groups excluding tert-OH is 1. The molecule has 160 valence electrons. The maximum Gasteiger partial charge on any atom is 0.326 e. The molecule has 0 aromatic heterocycles. The molecule has 10 nitrogen and oxygen atoms in total. The van der Waals surface area contributed by atoms with E-state index in [-0.39, 0.29) is 24.1 Å². The molecule has 3 amide bonds. The van der Waals surface area contributed by atoms with Gasteiger partial charge in [-0.15, -0.1) is 0 Å². The summed E-state index contributed by atoms with van der Waals surface area (Å²) in [4.78, 5) is 48.0. The third-order valence-electron chi connectivity index (χ3n) is 4.23. The Balaban J connectivity index is 2.63. The van der Waals surface area contributed by atoms with Gasteiger partial charge >= 0.3 is 5.97 Å². The van der Waals surface area contributed by atoms with Crippen molar-refractivity contribution in [2.75, 3.05) is 30.9 Å². The number of hydrogen-bond acceptors (Lipinski definition) is 8. The number of aliphatic hydroxyl groups is 1. The zero-order valence-corrected chi connectivity index (χ0v) is 17.4. The number of hydrogen-bond donors (Lipinski definition) is 7. The van der Waals surface area contributed by atoms with Gasteiger partial charge in [-0.3, -0.25) is 14.4 Å². The van der Waals surface area contributed by atoms with Crippen LogP contribution in [0.5, 0.6) is 0 Å². The van der Waals surface area contributed by atoms with Crippen LogP contribution >= 0.6 is 24.4 Å². The average molecular weight is 437 g/mol. The minimum Gasteiger partial charge on any atom is -0.480 e. The molecule has 0 aromatic carbocycles. The molecule has 0 spiro atoms. The fraction of sp³-hybridized carbons (Fsp3) is 0.750. The van der Waals surface area contributed by atoms with E-state index in [1.807, 2.05) is 6.26 Å². The van der Waals surface area contributed by atoms with E-state index < -0.39 is 42.5 Å². The van der Waals surface area contributed by atoms with Crippen LogP contribution in [0, 0.1) is 0 Å². The van der Waals surface area contributed by atoms with Crippen molar-refractivity contribution in [2.24, 2.45) is 0 Å². The zero-order valence-electron chi connectivity index (χ0n) is 15.6. The highest BCUT2D eigenvalue weighted by atomic mass is 32.2. The number of amides is 3. The lowest BCUT2D eigenvalue weighted by Crippen LogP contribution is -2.58. The quantitative estimate of drug-likeness (QED) is 0.172. The first kappa shape index (κ1) is 24.5. The Morgan fingerprint density at radius 2 is 1.79 bits per heavy atom. The highest BCUT2D eigenvalue weighted by Gasteiger charge is 2.30. The molecule has 1 heterocycles. The van der Waals surface area contributed by atoms with Crippen LogP contribution in [0.25, 0.3) is 0 Å². The molecule has 0 bridgehead atoms. The Kier molecular flexibility index (Phi) is 11.3. The number of carboxylic acid groups (broad SMARTS) is 1. The normalized spacial score (nSPS) is 19.3. The Labute approximate surface area is 173 Å². The number of nitrogens with one attached hydrogen (secondary N) is 4. The van der Waals surface area contributed by atoms with Gasteiger partial charge in [-0.1, -0.05) is 0 Å². The lowest BCUT2D eigenvalue weighted by molar-refractivity contribution is -0.142. The van der Waals surface area contributed by atoms with Crippen molar-refractivity contribution in [1.82, 2.24) is 21.3 Å². The molecule has 4 unspecified atom stereocenters. The first-order valence-corrected chi connectivity index (χ1v) is 10.9. The fourth-order valence-electron chi connectivity index (χ4n) is 2.61. The van der Waals surface area contributed by atoms with Gasteiger partial charge in [-0.05, 0) is 37.8 Å². The summed E-state index contributed by atoms with van der Waals surface area (Å²) in [7, 11) is 0. The summed E-state index contributed by atoms with van der Waals surface area (Å²) >= 11 is 5.49. The predicted molar refractivity (Wildman–Crippen MR) is 108 cm³/mol. The first-order chi connectivity index (χ1) is 13.3. The van der Waals surface area contributed by atoms with Crippen LogP contribution in [0.4, 0.5) is 0 Å². The molecule has 1 rings (SSSR count). The smallest absolute Gasteiger partial charge is 0.326 e. The Hall–Kier alpha value is -1.50. The van der Waals surface area contributed by atoms with E-state index in [0.717, 1.165) is 13.0 Å². The summed E-state index contributed by atoms with van der Waals surface area (Å²) in [6.45, 7) is 0.00766. The summed E-state index contributed by atoms with van der Waals surface area (Å²) in [6.07, 6.45) is 3.55. The largest absolute Gasteiger partial charge is 0.480 e. The molecule has 0 radical (unpaired) electrons. The highest BCUT2D eigenvalue weighted by molar-refractivity contribution is 7.98. The van der Waals surface area contributed by atoms with Gasteiger partial charge in [0.15, 0.2) is 0 Å². The van der Waals surface area contributed by atoms with Crippen LogP contribution in [-0.2, 0) is 19.2 Å². The minimum atomic E-state index is -1.34. The molecule has 0 saturated carbocycles. The number of rotatable bonds is 12. The van der Waals surface area contributed by atoms with Crippen LogP contribution in [0.15, 0.2) is 0 Å². The van der Waals surface area contributed by atoms with Crippen LogP contribution < -0.4 is 21.3 Å². The van der Waals surface area contributed by atoms with Crippen LogP contribution in [0.1, 0.15) is 19.3 Å². The van der Waals surface area contributed by atoms with Crippen LogP contribution in [0.2, 0.25) is 0 Å². The molecule has 12 heteroatoms. The van der Waals surface area contributed by atoms with Crippen molar-refractivity contribution in [2.45, 2.75) is 43.4 Å². The molecule has 28 heavy (non-hydrogen) atoms. The van der Waals surface area contributed by atoms with E-state index >= 15 is 0 Å². The van der Waals surface area contributed by atoms with Crippen LogP contribution in [-0.4, -0.2) is 89.0 Å². The summed E-state index contributed by atoms with van der Waals surface area (Å²) in [6, 6.07) is -3.83. The molecule has 0 aliphatic carbocycles. The minimum absolute atomic E-state index is 0.00443. The Morgan fingerprint density at radius 1 is 1.14 bits per heavy atom. The van der Waals surface area contributed by atoms with Gasteiger partial charge < -0.3 is 31.5 Å². The third kappa shape index (κ3) is 7.86. The summed E-state index contributed by atoms with van der Waals surface area (Å²) < 4.78 is 0. The summed E-state index contributed by atoms with van der Waals surface area (Å²) in [5.41, 5.74) is 0. The van der Waals surface area contributed by atoms with Crippen molar-refractivity contribution in [1.29, 1.82) is 0 Å². The second-order valence-corrected chi connectivity index (χ2v) is 7.67. The molecular weight excluding hydrogens is 408 g/mol. The lowest BCUT2D eigenvalue weighted by atomic mass is 10.1. The van der Waals surface area contributed by atoms with E-state index in [2.05, 4.69) is 33.9 Å². The van der Waals surface area contributed by atoms with Crippen LogP contribution in [0.3, 0.4) is 0 Å². The van der Waals surface area contributed by atoms with Gasteiger partial charge in [-0.25, -0.2) is 4.79 Å². The van der Waals surface area contributed by atoms with E-state index in [9.17, 15) is 29.4 Å². The van der Waals surface area contributed by atoms with Gasteiger partial charge in [-0.2, -0.15) is 24.4 Å². The Morgan fingerprint density at radius 3 is 2.29 bits per heavy atom. The summed E-state index contributed by atoms with van der Waals surface area (Å²) in [5, 5.41) is 28.8. The highest BCUT2D eigenvalue weighted by Crippen LogP contribution is 2.06. The SMILES string of the molecule is CSCCC(NC(=O)C(CO)NC(=O)C(CS)NC(=O)C1CCCN1)C(=O)O. The number of thiol groups is 1. The number of carbonyl (C=O) groups excluding carboxylic acids is 3. The van der Waals surface area contributed by atoms with Gasteiger partial charge in [0.25, 0.3) is 0 Å². The molecule has 0 aromatic rings.